The molecule has 1 aromatic carbocycles. The van der Waals surface area contributed by atoms with Crippen LogP contribution in [0.3, 0.4) is 0 Å². The van der Waals surface area contributed by atoms with Gasteiger partial charge in [0.1, 0.15) is 11.3 Å². The molecule has 142 valence electrons. The van der Waals surface area contributed by atoms with Crippen LogP contribution in [0.5, 0.6) is 0 Å². The van der Waals surface area contributed by atoms with Crippen molar-refractivity contribution >= 4 is 32.7 Å². The van der Waals surface area contributed by atoms with E-state index in [9.17, 15) is 9.59 Å². The van der Waals surface area contributed by atoms with E-state index in [4.69, 9.17) is 4.98 Å². The van der Waals surface area contributed by atoms with Crippen molar-refractivity contribution in [2.75, 3.05) is 5.33 Å². The maximum absolute atomic E-state index is 12.7. The zero-order chi connectivity index (χ0) is 19.6. The fourth-order valence-electron chi connectivity index (χ4n) is 3.31. The first-order chi connectivity index (χ1) is 13.0. The van der Waals surface area contributed by atoms with E-state index >= 15 is 0 Å². The minimum Gasteiger partial charge on any atom is -0.305 e. The average molecular weight is 431 g/mol. The number of H-pyrrole nitrogens is 1. The Hall–Kier alpha value is -2.28. The second kappa shape index (κ2) is 8.17. The molecule has 7 heteroatoms. The Morgan fingerprint density at radius 3 is 2.63 bits per heavy atom. The van der Waals surface area contributed by atoms with Crippen LogP contribution < -0.4 is 5.56 Å². The highest BCUT2D eigenvalue weighted by molar-refractivity contribution is 9.09. The number of aryl methyl sites for hydroxylation is 3. The number of ketones is 1. The highest BCUT2D eigenvalue weighted by atomic mass is 79.9. The molecule has 0 amide bonds. The van der Waals surface area contributed by atoms with Crippen molar-refractivity contribution in [1.29, 1.82) is 0 Å². The van der Waals surface area contributed by atoms with Gasteiger partial charge in [0.15, 0.2) is 11.3 Å². The number of carbonyl (C=O) groups excluding carboxylic acids is 1. The standard InChI is InChI=1S/C20H23BrN4O2/c1-4-6-12-8-9-13(16(26)11-21)10-14(12)19-22-17-15(7-5-2)24-25(3)18(17)20(27)23-19/h8-10H,4-7,11H2,1-3H3,(H,22,23,27). The van der Waals surface area contributed by atoms with Crippen LogP contribution in [0.25, 0.3) is 22.4 Å². The second-order valence-electron chi connectivity index (χ2n) is 6.61. The lowest BCUT2D eigenvalue weighted by molar-refractivity contribution is 0.102. The van der Waals surface area contributed by atoms with Gasteiger partial charge in [0.25, 0.3) is 5.56 Å². The highest BCUT2D eigenvalue weighted by Gasteiger charge is 2.17. The largest absolute Gasteiger partial charge is 0.305 e. The Morgan fingerprint density at radius 1 is 1.22 bits per heavy atom. The summed E-state index contributed by atoms with van der Waals surface area (Å²) >= 11 is 3.22. The van der Waals surface area contributed by atoms with Crippen molar-refractivity contribution < 1.29 is 4.79 Å². The number of nitrogens with one attached hydrogen (secondary N) is 1. The summed E-state index contributed by atoms with van der Waals surface area (Å²) in [7, 11) is 1.76. The molecule has 0 aliphatic heterocycles. The van der Waals surface area contributed by atoms with Gasteiger partial charge < -0.3 is 4.98 Å². The second-order valence-corrected chi connectivity index (χ2v) is 7.17. The Labute approximate surface area is 166 Å². The van der Waals surface area contributed by atoms with Gasteiger partial charge in [0, 0.05) is 18.2 Å². The molecule has 0 spiro atoms. The zero-order valence-electron chi connectivity index (χ0n) is 15.8. The molecule has 0 unspecified atom stereocenters. The quantitative estimate of drug-likeness (QED) is 0.456. The summed E-state index contributed by atoms with van der Waals surface area (Å²) in [6, 6.07) is 5.62. The predicted molar refractivity (Wildman–Crippen MR) is 111 cm³/mol. The third-order valence-corrected chi connectivity index (χ3v) is 5.09. The molecule has 0 radical (unpaired) electrons. The van der Waals surface area contributed by atoms with E-state index in [0.717, 1.165) is 42.5 Å². The molecule has 3 aromatic rings. The monoisotopic (exact) mass is 430 g/mol. The van der Waals surface area contributed by atoms with Gasteiger partial charge in [-0.1, -0.05) is 54.8 Å². The van der Waals surface area contributed by atoms with Crippen LogP contribution in [0, 0.1) is 0 Å². The molecule has 2 heterocycles. The van der Waals surface area contributed by atoms with Gasteiger partial charge in [0.2, 0.25) is 0 Å². The molecule has 0 bridgehead atoms. The summed E-state index contributed by atoms with van der Waals surface area (Å²) < 4.78 is 1.59. The topological polar surface area (TPSA) is 80.6 Å². The number of carbonyl (C=O) groups is 1. The maximum Gasteiger partial charge on any atom is 0.277 e. The first-order valence-corrected chi connectivity index (χ1v) is 10.3. The molecule has 6 nitrogen and oxygen atoms in total. The number of rotatable bonds is 7. The van der Waals surface area contributed by atoms with E-state index in [-0.39, 0.29) is 16.7 Å². The molecule has 0 aliphatic rings. The number of aromatic amines is 1. The summed E-state index contributed by atoms with van der Waals surface area (Å²) in [5, 5.41) is 4.72. The SMILES string of the molecule is CCCc1ccc(C(=O)CBr)cc1-c1nc2c(CCC)nn(C)c2c(=O)[nH]1. The van der Waals surface area contributed by atoms with E-state index in [1.54, 1.807) is 11.7 Å². The number of benzene rings is 1. The van der Waals surface area contributed by atoms with Crippen LogP contribution in [0.15, 0.2) is 23.0 Å². The van der Waals surface area contributed by atoms with Gasteiger partial charge >= 0.3 is 0 Å². The summed E-state index contributed by atoms with van der Waals surface area (Å²) in [4.78, 5) is 32.5. The van der Waals surface area contributed by atoms with Crippen LogP contribution >= 0.6 is 15.9 Å². The minimum absolute atomic E-state index is 0.00391. The highest BCUT2D eigenvalue weighted by Crippen LogP contribution is 2.25. The third kappa shape index (κ3) is 3.74. The van der Waals surface area contributed by atoms with Gasteiger partial charge in [-0.15, -0.1) is 0 Å². The molecule has 0 saturated carbocycles. The molecular weight excluding hydrogens is 408 g/mol. The number of fused-ring (bicyclic) bond motifs is 1. The number of hydrogen-bond acceptors (Lipinski definition) is 4. The molecule has 2 aromatic heterocycles. The lowest BCUT2D eigenvalue weighted by Gasteiger charge is -2.10. The van der Waals surface area contributed by atoms with E-state index in [1.165, 1.54) is 0 Å². The van der Waals surface area contributed by atoms with Crippen LogP contribution in [-0.4, -0.2) is 30.9 Å². The number of halogens is 1. The van der Waals surface area contributed by atoms with Crippen LogP contribution in [0.2, 0.25) is 0 Å². The Bertz CT molecular complexity index is 1050. The normalized spacial score (nSPS) is 11.3. The van der Waals surface area contributed by atoms with E-state index in [1.807, 2.05) is 18.2 Å². The number of alkyl halides is 1. The molecule has 0 fully saturated rings. The fourth-order valence-corrected chi connectivity index (χ4v) is 3.64. The van der Waals surface area contributed by atoms with E-state index in [2.05, 4.69) is 39.9 Å². The third-order valence-electron chi connectivity index (χ3n) is 4.58. The van der Waals surface area contributed by atoms with E-state index in [0.29, 0.717) is 22.4 Å². The predicted octanol–water partition coefficient (Wildman–Crippen LogP) is 3.81. The number of hydrogen-bond donors (Lipinski definition) is 1. The van der Waals surface area contributed by atoms with Gasteiger partial charge in [-0.05, 0) is 24.5 Å². The Balaban J connectivity index is 2.26. The van der Waals surface area contributed by atoms with Gasteiger partial charge in [-0.25, -0.2) is 4.98 Å². The zero-order valence-corrected chi connectivity index (χ0v) is 17.4. The summed E-state index contributed by atoms with van der Waals surface area (Å²) in [5.41, 5.74) is 4.19. The van der Waals surface area contributed by atoms with Gasteiger partial charge in [-0.3, -0.25) is 14.3 Å². The number of Topliss-reactive ketones (excluding diaryl/α,β-unsaturated/α-hetero) is 1. The summed E-state index contributed by atoms with van der Waals surface area (Å²) in [5.74, 6) is 0.487. The molecule has 0 aliphatic carbocycles. The first-order valence-electron chi connectivity index (χ1n) is 9.18. The Kier molecular flexibility index (Phi) is 5.89. The van der Waals surface area contributed by atoms with Crippen LogP contribution in [0.4, 0.5) is 0 Å². The van der Waals surface area contributed by atoms with Crippen molar-refractivity contribution in [2.24, 2.45) is 7.05 Å². The molecular formula is C20H23BrN4O2. The minimum atomic E-state index is -0.216. The van der Waals surface area contributed by atoms with Crippen molar-refractivity contribution in [3.8, 4) is 11.4 Å². The first kappa shape index (κ1) is 19.5. The lowest BCUT2D eigenvalue weighted by Crippen LogP contribution is -2.13. The smallest absolute Gasteiger partial charge is 0.277 e. The van der Waals surface area contributed by atoms with Crippen molar-refractivity contribution in [1.82, 2.24) is 19.7 Å². The number of nitrogens with zero attached hydrogens (tertiary/aromatic N) is 3. The van der Waals surface area contributed by atoms with Crippen LogP contribution in [0.1, 0.15) is 48.3 Å². The summed E-state index contributed by atoms with van der Waals surface area (Å²) in [6.07, 6.45) is 3.48. The van der Waals surface area contributed by atoms with Crippen molar-refractivity contribution in [2.45, 2.75) is 39.5 Å². The lowest BCUT2D eigenvalue weighted by atomic mass is 9.98. The average Bonchev–Trinajstić information content (AvgIpc) is 2.98. The number of aromatic nitrogens is 4. The van der Waals surface area contributed by atoms with Crippen molar-refractivity contribution in [3.63, 3.8) is 0 Å². The molecule has 1 N–H and O–H groups in total. The molecule has 0 saturated heterocycles. The molecule has 3 rings (SSSR count). The summed E-state index contributed by atoms with van der Waals surface area (Å²) in [6.45, 7) is 4.17. The van der Waals surface area contributed by atoms with Crippen LogP contribution in [-0.2, 0) is 19.9 Å². The van der Waals surface area contributed by atoms with Crippen molar-refractivity contribution in [3.05, 3.63) is 45.4 Å². The molecule has 0 atom stereocenters. The fraction of sp³-hybridized carbons (Fsp3) is 0.400. The Morgan fingerprint density at radius 2 is 1.96 bits per heavy atom. The van der Waals surface area contributed by atoms with E-state index < -0.39 is 0 Å². The molecule has 27 heavy (non-hydrogen) atoms. The van der Waals surface area contributed by atoms with Gasteiger partial charge in [0.05, 0.1) is 11.0 Å². The van der Waals surface area contributed by atoms with Gasteiger partial charge in [-0.2, -0.15) is 5.10 Å². The maximum atomic E-state index is 12.7.